The molecule has 0 N–H and O–H groups in total. The molecule has 2 aromatic rings. The van der Waals surface area contributed by atoms with E-state index >= 15 is 0 Å². The number of ether oxygens (including phenoxy) is 2. The van der Waals surface area contributed by atoms with Gasteiger partial charge in [0.2, 0.25) is 0 Å². The Morgan fingerprint density at radius 3 is 2.11 bits per heavy atom. The van der Waals surface area contributed by atoms with Gasteiger partial charge in [-0.05, 0) is 79.5 Å². The Bertz CT molecular complexity index is 916. The van der Waals surface area contributed by atoms with Crippen LogP contribution in [0, 0.1) is 17.7 Å². The van der Waals surface area contributed by atoms with E-state index in [0.29, 0.717) is 12.2 Å². The molecule has 2 aromatic carbocycles. The Morgan fingerprint density at radius 1 is 0.811 bits per heavy atom. The lowest BCUT2D eigenvalue weighted by Gasteiger charge is -2.28. The Balaban J connectivity index is 1.34. The molecule has 3 rings (SSSR count). The maximum atomic E-state index is 14.5. The molecule has 1 aliphatic carbocycles. The molecule has 0 spiro atoms. The second kappa shape index (κ2) is 16.5. The molecule has 1 aliphatic rings. The Kier molecular flexibility index (Phi) is 13.0. The van der Waals surface area contributed by atoms with E-state index in [1.54, 1.807) is 30.3 Å². The molecule has 1 fully saturated rings. The van der Waals surface area contributed by atoms with Crippen molar-refractivity contribution < 1.29 is 18.7 Å². The van der Waals surface area contributed by atoms with Gasteiger partial charge in [0, 0.05) is 0 Å². The number of hydrogen-bond donors (Lipinski definition) is 0. The minimum atomic E-state index is -0.563. The molecule has 37 heavy (non-hydrogen) atoms. The molecule has 0 radical (unpaired) electrons. The van der Waals surface area contributed by atoms with E-state index in [2.05, 4.69) is 13.8 Å². The van der Waals surface area contributed by atoms with E-state index in [4.69, 9.17) is 9.47 Å². The first kappa shape index (κ1) is 29.2. The molecule has 204 valence electrons. The number of rotatable bonds is 16. The van der Waals surface area contributed by atoms with Gasteiger partial charge in [0.15, 0.2) is 11.6 Å². The largest absolute Gasteiger partial charge is 0.494 e. The Labute approximate surface area is 224 Å². The van der Waals surface area contributed by atoms with Gasteiger partial charge < -0.3 is 9.47 Å². The van der Waals surface area contributed by atoms with E-state index < -0.39 is 11.8 Å². The van der Waals surface area contributed by atoms with Crippen LogP contribution < -0.4 is 9.47 Å². The Hall–Kier alpha value is -2.36. The summed E-state index contributed by atoms with van der Waals surface area (Å²) in [6.45, 7) is 5.14. The molecular formula is C33H47FO3. The average Bonchev–Trinajstić information content (AvgIpc) is 2.92. The minimum Gasteiger partial charge on any atom is -0.494 e. The summed E-state index contributed by atoms with van der Waals surface area (Å²) in [7, 11) is 0. The average molecular weight is 511 g/mol. The summed E-state index contributed by atoms with van der Waals surface area (Å²) >= 11 is 0. The summed E-state index contributed by atoms with van der Waals surface area (Å²) in [6.07, 6.45) is 18.8. The number of halogens is 1. The standard InChI is InChI=1S/C33H47FO3/c1-3-5-7-9-12-28-18-23-32(31(34)25-28)37-33(35)29-19-21-30(22-20-29)36-24-10-13-27-16-14-26(15-17-27)11-8-6-4-2/h18-23,25-27H,3-17,24H2,1-2H3/t26-,27-. The van der Waals surface area contributed by atoms with Crippen LogP contribution in [0.25, 0.3) is 0 Å². The highest BCUT2D eigenvalue weighted by atomic mass is 19.1. The van der Waals surface area contributed by atoms with Crippen molar-refractivity contribution in [2.24, 2.45) is 11.8 Å². The first-order chi connectivity index (χ1) is 18.1. The number of aryl methyl sites for hydroxylation is 1. The predicted octanol–water partition coefficient (Wildman–Crippen LogP) is 9.71. The van der Waals surface area contributed by atoms with Crippen LogP contribution in [-0.4, -0.2) is 12.6 Å². The molecule has 0 heterocycles. The van der Waals surface area contributed by atoms with Crippen molar-refractivity contribution in [1.82, 2.24) is 0 Å². The normalized spacial score (nSPS) is 17.5. The summed E-state index contributed by atoms with van der Waals surface area (Å²) in [6, 6.07) is 11.8. The van der Waals surface area contributed by atoms with Crippen molar-refractivity contribution >= 4 is 5.97 Å². The number of hydrogen-bond acceptors (Lipinski definition) is 3. The molecule has 0 unspecified atom stereocenters. The number of carbonyl (C=O) groups excluding carboxylic acids is 1. The van der Waals surface area contributed by atoms with E-state index in [0.717, 1.165) is 48.8 Å². The van der Waals surface area contributed by atoms with Gasteiger partial charge in [-0.2, -0.15) is 0 Å². The highest BCUT2D eigenvalue weighted by Gasteiger charge is 2.20. The van der Waals surface area contributed by atoms with E-state index in [9.17, 15) is 9.18 Å². The van der Waals surface area contributed by atoms with Crippen LogP contribution in [0.15, 0.2) is 42.5 Å². The summed E-state index contributed by atoms with van der Waals surface area (Å²) in [5.41, 5.74) is 1.32. The van der Waals surface area contributed by atoms with Gasteiger partial charge >= 0.3 is 5.97 Å². The molecule has 0 bridgehead atoms. The lowest BCUT2D eigenvalue weighted by Crippen LogP contribution is -2.15. The maximum Gasteiger partial charge on any atom is 0.343 e. The van der Waals surface area contributed by atoms with Gasteiger partial charge in [-0.1, -0.05) is 90.5 Å². The van der Waals surface area contributed by atoms with Crippen molar-refractivity contribution in [1.29, 1.82) is 0 Å². The predicted molar refractivity (Wildman–Crippen MR) is 150 cm³/mol. The summed E-state index contributed by atoms with van der Waals surface area (Å²) in [4.78, 5) is 12.5. The van der Waals surface area contributed by atoms with E-state index in [1.807, 2.05) is 6.07 Å². The van der Waals surface area contributed by atoms with Crippen LogP contribution in [0.2, 0.25) is 0 Å². The van der Waals surface area contributed by atoms with E-state index in [-0.39, 0.29) is 5.75 Å². The van der Waals surface area contributed by atoms with Crippen LogP contribution in [-0.2, 0) is 6.42 Å². The monoisotopic (exact) mass is 510 g/mol. The highest BCUT2D eigenvalue weighted by molar-refractivity contribution is 5.91. The Morgan fingerprint density at radius 2 is 1.46 bits per heavy atom. The zero-order valence-electron chi connectivity index (χ0n) is 23.1. The molecule has 0 aliphatic heterocycles. The van der Waals surface area contributed by atoms with Crippen molar-refractivity contribution in [3.63, 3.8) is 0 Å². The smallest absolute Gasteiger partial charge is 0.343 e. The minimum absolute atomic E-state index is 0.0300. The van der Waals surface area contributed by atoms with E-state index in [1.165, 1.54) is 76.7 Å². The van der Waals surface area contributed by atoms with Gasteiger partial charge in [0.25, 0.3) is 0 Å². The highest BCUT2D eigenvalue weighted by Crippen LogP contribution is 2.34. The van der Waals surface area contributed by atoms with Crippen molar-refractivity contribution in [2.45, 2.75) is 110 Å². The zero-order chi connectivity index (χ0) is 26.3. The van der Waals surface area contributed by atoms with Crippen molar-refractivity contribution in [2.75, 3.05) is 6.61 Å². The van der Waals surface area contributed by atoms with Gasteiger partial charge in [0.1, 0.15) is 5.75 Å². The maximum absolute atomic E-state index is 14.5. The van der Waals surface area contributed by atoms with Crippen LogP contribution in [0.1, 0.15) is 120 Å². The molecule has 0 saturated heterocycles. The van der Waals surface area contributed by atoms with Crippen LogP contribution >= 0.6 is 0 Å². The number of unbranched alkanes of at least 4 members (excludes halogenated alkanes) is 5. The third-order valence-corrected chi connectivity index (χ3v) is 7.82. The third kappa shape index (κ3) is 10.5. The lowest BCUT2D eigenvalue weighted by molar-refractivity contribution is 0.0727. The topological polar surface area (TPSA) is 35.5 Å². The molecule has 1 saturated carbocycles. The number of carbonyl (C=O) groups is 1. The fourth-order valence-electron chi connectivity index (χ4n) is 5.44. The van der Waals surface area contributed by atoms with Crippen molar-refractivity contribution in [3.05, 3.63) is 59.4 Å². The quantitative estimate of drug-likeness (QED) is 0.128. The van der Waals surface area contributed by atoms with Crippen molar-refractivity contribution in [3.8, 4) is 11.5 Å². The van der Waals surface area contributed by atoms with Crippen LogP contribution in [0.3, 0.4) is 0 Å². The molecular weight excluding hydrogens is 463 g/mol. The second-order valence-electron chi connectivity index (χ2n) is 10.9. The lowest BCUT2D eigenvalue weighted by atomic mass is 9.78. The van der Waals surface area contributed by atoms with Crippen LogP contribution in [0.5, 0.6) is 11.5 Å². The zero-order valence-corrected chi connectivity index (χ0v) is 23.1. The summed E-state index contributed by atoms with van der Waals surface area (Å²) < 4.78 is 25.7. The summed E-state index contributed by atoms with van der Waals surface area (Å²) in [5, 5.41) is 0. The number of benzene rings is 2. The first-order valence-corrected chi connectivity index (χ1v) is 14.8. The second-order valence-corrected chi connectivity index (χ2v) is 10.9. The van der Waals surface area contributed by atoms with Gasteiger partial charge in [-0.3, -0.25) is 0 Å². The van der Waals surface area contributed by atoms with Gasteiger partial charge in [-0.15, -0.1) is 0 Å². The fourth-order valence-corrected chi connectivity index (χ4v) is 5.44. The van der Waals surface area contributed by atoms with Gasteiger partial charge in [-0.25, -0.2) is 9.18 Å². The first-order valence-electron chi connectivity index (χ1n) is 14.8. The summed E-state index contributed by atoms with van der Waals surface area (Å²) in [5.74, 6) is 1.46. The SMILES string of the molecule is CCCCCCc1ccc(OC(=O)c2ccc(OCCC[C@H]3CC[C@H](CCCCC)CC3)cc2)c(F)c1. The molecule has 3 nitrogen and oxygen atoms in total. The number of esters is 1. The van der Waals surface area contributed by atoms with Gasteiger partial charge in [0.05, 0.1) is 12.2 Å². The third-order valence-electron chi connectivity index (χ3n) is 7.82. The molecule has 0 atom stereocenters. The molecule has 0 aromatic heterocycles. The fraction of sp³-hybridized carbons (Fsp3) is 0.606. The van der Waals surface area contributed by atoms with Crippen LogP contribution in [0.4, 0.5) is 4.39 Å². The molecule has 4 heteroatoms. The molecule has 0 amide bonds.